The molecule has 4 heteroatoms. The first-order valence-corrected chi connectivity index (χ1v) is 7.18. The summed E-state index contributed by atoms with van der Waals surface area (Å²) in [4.78, 5) is 6.53. The van der Waals surface area contributed by atoms with E-state index in [1.54, 1.807) is 0 Å². The van der Waals surface area contributed by atoms with E-state index in [4.69, 9.17) is 4.74 Å². The molecule has 19 heavy (non-hydrogen) atoms. The molecule has 1 aromatic rings. The van der Waals surface area contributed by atoms with Crippen LogP contribution >= 0.6 is 0 Å². The Kier molecular flexibility index (Phi) is 5.76. The van der Waals surface area contributed by atoms with Crippen LogP contribution in [0.15, 0.2) is 24.5 Å². The molecule has 1 aromatic heterocycles. The zero-order valence-electron chi connectivity index (χ0n) is 12.0. The van der Waals surface area contributed by atoms with Crippen molar-refractivity contribution in [2.24, 2.45) is 5.92 Å². The van der Waals surface area contributed by atoms with Crippen LogP contribution in [0.4, 0.5) is 0 Å². The Morgan fingerprint density at radius 1 is 1.53 bits per heavy atom. The third-order valence-electron chi connectivity index (χ3n) is 3.66. The third kappa shape index (κ3) is 4.56. The van der Waals surface area contributed by atoms with Gasteiger partial charge in [0.05, 0.1) is 6.61 Å². The minimum Gasteiger partial charge on any atom is -0.381 e. The van der Waals surface area contributed by atoms with Crippen LogP contribution in [0.3, 0.4) is 0 Å². The standard InChI is InChI=1S/C15H25N3O/c1-3-17-15-6-8-19-12-14(15)11-18(2)10-13-5-4-7-16-9-13/h4-5,7,9,14-15,17H,3,6,8,10-12H2,1-2H3. The molecule has 0 radical (unpaired) electrons. The highest BCUT2D eigenvalue weighted by atomic mass is 16.5. The Morgan fingerprint density at radius 2 is 2.42 bits per heavy atom. The molecule has 106 valence electrons. The minimum absolute atomic E-state index is 0.579. The maximum Gasteiger partial charge on any atom is 0.0521 e. The molecule has 0 spiro atoms. The fraction of sp³-hybridized carbons (Fsp3) is 0.667. The van der Waals surface area contributed by atoms with E-state index in [1.807, 2.05) is 18.5 Å². The van der Waals surface area contributed by atoms with Crippen LogP contribution in [0.2, 0.25) is 0 Å². The summed E-state index contributed by atoms with van der Waals surface area (Å²) in [5.74, 6) is 0.579. The predicted octanol–water partition coefficient (Wildman–Crippen LogP) is 1.53. The monoisotopic (exact) mass is 263 g/mol. The molecular weight excluding hydrogens is 238 g/mol. The fourth-order valence-electron chi connectivity index (χ4n) is 2.78. The van der Waals surface area contributed by atoms with Crippen molar-refractivity contribution in [1.29, 1.82) is 0 Å². The van der Waals surface area contributed by atoms with Gasteiger partial charge < -0.3 is 15.0 Å². The zero-order valence-corrected chi connectivity index (χ0v) is 12.0. The third-order valence-corrected chi connectivity index (χ3v) is 3.66. The second-order valence-corrected chi connectivity index (χ2v) is 5.35. The van der Waals surface area contributed by atoms with Gasteiger partial charge in [0.15, 0.2) is 0 Å². The molecule has 4 nitrogen and oxygen atoms in total. The lowest BCUT2D eigenvalue weighted by Gasteiger charge is -2.34. The van der Waals surface area contributed by atoms with Gasteiger partial charge in [-0.05, 0) is 31.6 Å². The second-order valence-electron chi connectivity index (χ2n) is 5.35. The van der Waals surface area contributed by atoms with Gasteiger partial charge in [0.25, 0.3) is 0 Å². The van der Waals surface area contributed by atoms with Gasteiger partial charge in [-0.3, -0.25) is 4.98 Å². The van der Waals surface area contributed by atoms with Crippen molar-refractivity contribution in [1.82, 2.24) is 15.2 Å². The average Bonchev–Trinajstić information content (AvgIpc) is 2.42. The summed E-state index contributed by atoms with van der Waals surface area (Å²) in [5, 5.41) is 3.58. The van der Waals surface area contributed by atoms with Crippen molar-refractivity contribution in [3.63, 3.8) is 0 Å². The molecule has 0 saturated carbocycles. The van der Waals surface area contributed by atoms with E-state index in [1.165, 1.54) is 5.56 Å². The summed E-state index contributed by atoms with van der Waals surface area (Å²) < 4.78 is 5.63. The van der Waals surface area contributed by atoms with Gasteiger partial charge in [-0.25, -0.2) is 0 Å². The van der Waals surface area contributed by atoms with Gasteiger partial charge in [-0.1, -0.05) is 13.0 Å². The van der Waals surface area contributed by atoms with Crippen molar-refractivity contribution in [2.75, 3.05) is 33.4 Å². The van der Waals surface area contributed by atoms with E-state index in [0.717, 1.165) is 39.3 Å². The molecule has 2 heterocycles. The van der Waals surface area contributed by atoms with Crippen molar-refractivity contribution < 1.29 is 4.74 Å². The van der Waals surface area contributed by atoms with Crippen molar-refractivity contribution in [3.8, 4) is 0 Å². The summed E-state index contributed by atoms with van der Waals surface area (Å²) >= 11 is 0. The lowest BCUT2D eigenvalue weighted by molar-refractivity contribution is 0.0193. The van der Waals surface area contributed by atoms with Gasteiger partial charge in [-0.2, -0.15) is 0 Å². The summed E-state index contributed by atoms with van der Waals surface area (Å²) in [6.45, 7) is 6.98. The quantitative estimate of drug-likeness (QED) is 0.844. The van der Waals surface area contributed by atoms with Crippen LogP contribution in [0.5, 0.6) is 0 Å². The summed E-state index contributed by atoms with van der Waals surface area (Å²) in [6, 6.07) is 4.71. The average molecular weight is 263 g/mol. The zero-order chi connectivity index (χ0) is 13.5. The van der Waals surface area contributed by atoms with Gasteiger partial charge >= 0.3 is 0 Å². The van der Waals surface area contributed by atoms with E-state index in [9.17, 15) is 0 Å². The molecule has 1 saturated heterocycles. The van der Waals surface area contributed by atoms with E-state index in [0.29, 0.717) is 12.0 Å². The molecule has 0 amide bonds. The van der Waals surface area contributed by atoms with Gasteiger partial charge in [0, 0.05) is 44.0 Å². The van der Waals surface area contributed by atoms with E-state index in [2.05, 4.69) is 35.2 Å². The number of hydrogen-bond acceptors (Lipinski definition) is 4. The normalized spacial score (nSPS) is 23.7. The van der Waals surface area contributed by atoms with E-state index in [-0.39, 0.29) is 0 Å². The maximum atomic E-state index is 5.63. The SMILES string of the molecule is CCNC1CCOCC1CN(C)Cc1cccnc1. The number of hydrogen-bond donors (Lipinski definition) is 1. The molecule has 1 aliphatic heterocycles. The molecule has 1 N–H and O–H groups in total. The lowest BCUT2D eigenvalue weighted by atomic mass is 9.95. The molecule has 0 bridgehead atoms. The molecule has 2 rings (SSSR count). The van der Waals surface area contributed by atoms with Gasteiger partial charge in [0.2, 0.25) is 0 Å². The van der Waals surface area contributed by atoms with Crippen LogP contribution < -0.4 is 5.32 Å². The largest absolute Gasteiger partial charge is 0.381 e. The van der Waals surface area contributed by atoms with Crippen LogP contribution in [-0.4, -0.2) is 49.3 Å². The first-order valence-electron chi connectivity index (χ1n) is 7.18. The summed E-state index contributed by atoms with van der Waals surface area (Å²) in [5.41, 5.74) is 1.27. The Bertz CT molecular complexity index is 356. The highest BCUT2D eigenvalue weighted by Crippen LogP contribution is 2.16. The second kappa shape index (κ2) is 7.58. The molecular formula is C15H25N3O. The molecule has 2 atom stereocenters. The van der Waals surface area contributed by atoms with E-state index >= 15 is 0 Å². The first kappa shape index (κ1) is 14.4. The molecule has 0 aliphatic carbocycles. The van der Waals surface area contributed by atoms with E-state index < -0.39 is 0 Å². The van der Waals surface area contributed by atoms with Crippen LogP contribution in [0.1, 0.15) is 18.9 Å². The highest BCUT2D eigenvalue weighted by molar-refractivity contribution is 5.08. The Morgan fingerprint density at radius 3 is 3.16 bits per heavy atom. The van der Waals surface area contributed by atoms with Crippen LogP contribution in [-0.2, 0) is 11.3 Å². The number of aromatic nitrogens is 1. The number of pyridine rings is 1. The number of nitrogens with one attached hydrogen (secondary N) is 1. The van der Waals surface area contributed by atoms with Gasteiger partial charge in [0.1, 0.15) is 0 Å². The summed E-state index contributed by atoms with van der Waals surface area (Å²) in [7, 11) is 2.17. The van der Waals surface area contributed by atoms with Gasteiger partial charge in [-0.15, -0.1) is 0 Å². The first-order chi connectivity index (χ1) is 9.29. The van der Waals surface area contributed by atoms with Crippen LogP contribution in [0, 0.1) is 5.92 Å². The minimum atomic E-state index is 0.579. The van der Waals surface area contributed by atoms with Crippen LogP contribution in [0.25, 0.3) is 0 Å². The molecule has 2 unspecified atom stereocenters. The molecule has 1 fully saturated rings. The van der Waals surface area contributed by atoms with Crippen molar-refractivity contribution in [2.45, 2.75) is 25.9 Å². The number of ether oxygens (including phenoxy) is 1. The number of rotatable bonds is 6. The van der Waals surface area contributed by atoms with Crippen molar-refractivity contribution in [3.05, 3.63) is 30.1 Å². The molecule has 0 aromatic carbocycles. The topological polar surface area (TPSA) is 37.4 Å². The Labute approximate surface area is 116 Å². The smallest absolute Gasteiger partial charge is 0.0521 e. The van der Waals surface area contributed by atoms with Crippen molar-refractivity contribution >= 4 is 0 Å². The fourth-order valence-corrected chi connectivity index (χ4v) is 2.78. The maximum absolute atomic E-state index is 5.63. The Hall–Kier alpha value is -0.970. The lowest BCUT2D eigenvalue weighted by Crippen LogP contribution is -2.47. The Balaban J connectivity index is 1.84. The molecule has 1 aliphatic rings. The highest BCUT2D eigenvalue weighted by Gasteiger charge is 2.25. The predicted molar refractivity (Wildman–Crippen MR) is 77.0 cm³/mol. The number of nitrogens with zero attached hydrogens (tertiary/aromatic N) is 2. The summed E-state index contributed by atoms with van der Waals surface area (Å²) in [6.07, 6.45) is 4.88.